The second kappa shape index (κ2) is 9.09. The molecule has 0 spiro atoms. The highest BCUT2D eigenvalue weighted by atomic mass is 15.2. The van der Waals surface area contributed by atoms with Crippen molar-refractivity contribution >= 4 is 33.6 Å². The molecule has 4 aromatic rings. The van der Waals surface area contributed by atoms with E-state index in [4.69, 9.17) is 9.97 Å². The van der Waals surface area contributed by atoms with E-state index in [1.54, 1.807) is 0 Å². The minimum atomic E-state index is 0.406. The molecule has 1 fully saturated rings. The van der Waals surface area contributed by atoms with Crippen molar-refractivity contribution in [1.29, 1.82) is 0 Å². The summed E-state index contributed by atoms with van der Waals surface area (Å²) < 4.78 is 0. The summed E-state index contributed by atoms with van der Waals surface area (Å²) >= 11 is 0. The lowest BCUT2D eigenvalue weighted by Gasteiger charge is -2.30. The molecule has 1 aliphatic rings. The summed E-state index contributed by atoms with van der Waals surface area (Å²) in [6.45, 7) is 0.858. The van der Waals surface area contributed by atoms with E-state index < -0.39 is 0 Å². The molecule has 1 aliphatic carbocycles. The van der Waals surface area contributed by atoms with Gasteiger partial charge in [-0.15, -0.1) is 0 Å². The molecule has 0 radical (unpaired) electrons. The van der Waals surface area contributed by atoms with E-state index in [2.05, 4.69) is 56.9 Å². The predicted octanol–water partition coefficient (Wildman–Crippen LogP) is 4.76. The smallest absolute Gasteiger partial charge is 0.225 e. The number of aromatic nitrogens is 3. The Hall–Kier alpha value is -3.25. The van der Waals surface area contributed by atoms with Crippen LogP contribution in [-0.4, -0.2) is 41.1 Å². The third kappa shape index (κ3) is 4.36. The zero-order chi connectivity index (χ0) is 21.9. The van der Waals surface area contributed by atoms with Gasteiger partial charge in [-0.1, -0.05) is 36.4 Å². The molecule has 6 nitrogen and oxygen atoms in total. The molecule has 2 aromatic heterocycles. The maximum Gasteiger partial charge on any atom is 0.225 e. The number of pyridine rings is 1. The molecule has 2 N–H and O–H groups in total. The minimum Gasteiger partial charge on any atom is -0.362 e. The number of rotatable bonds is 6. The SMILES string of the molecule is CN(C)c1nc(NC2CCC(NCc3cccc4cccnc34)CC2)nc2ccccc12. The van der Waals surface area contributed by atoms with Gasteiger partial charge in [-0.2, -0.15) is 4.98 Å². The van der Waals surface area contributed by atoms with Crippen LogP contribution < -0.4 is 15.5 Å². The van der Waals surface area contributed by atoms with Gasteiger partial charge in [0.05, 0.1) is 11.0 Å². The van der Waals surface area contributed by atoms with Gasteiger partial charge in [-0.3, -0.25) is 4.98 Å². The molecule has 0 atom stereocenters. The van der Waals surface area contributed by atoms with E-state index in [0.29, 0.717) is 12.1 Å². The van der Waals surface area contributed by atoms with Crippen LogP contribution in [0, 0.1) is 0 Å². The number of hydrogen-bond donors (Lipinski definition) is 2. The second-order valence-electron chi connectivity index (χ2n) is 8.85. The van der Waals surface area contributed by atoms with Crippen LogP contribution in [0.25, 0.3) is 21.8 Å². The average Bonchev–Trinajstić information content (AvgIpc) is 2.83. The number of anilines is 2. The molecule has 2 aromatic carbocycles. The van der Waals surface area contributed by atoms with Crippen LogP contribution >= 0.6 is 0 Å². The Kier molecular flexibility index (Phi) is 5.86. The van der Waals surface area contributed by atoms with Crippen molar-refractivity contribution in [3.63, 3.8) is 0 Å². The summed E-state index contributed by atoms with van der Waals surface area (Å²) in [6.07, 6.45) is 6.38. The Morgan fingerprint density at radius 2 is 1.66 bits per heavy atom. The number of hydrogen-bond acceptors (Lipinski definition) is 6. The van der Waals surface area contributed by atoms with Crippen molar-refractivity contribution in [3.8, 4) is 0 Å². The summed E-state index contributed by atoms with van der Waals surface area (Å²) in [5.74, 6) is 1.68. The molecule has 6 heteroatoms. The van der Waals surface area contributed by atoms with E-state index in [1.807, 2.05) is 38.5 Å². The summed E-state index contributed by atoms with van der Waals surface area (Å²) in [6, 6.07) is 19.7. The highest BCUT2D eigenvalue weighted by Gasteiger charge is 2.22. The van der Waals surface area contributed by atoms with Gasteiger partial charge in [0.15, 0.2) is 0 Å². The van der Waals surface area contributed by atoms with Gasteiger partial charge in [0.25, 0.3) is 0 Å². The molecular weight excluding hydrogens is 396 g/mol. The Morgan fingerprint density at radius 1 is 0.875 bits per heavy atom. The molecule has 164 valence electrons. The van der Waals surface area contributed by atoms with Crippen LogP contribution in [0.4, 0.5) is 11.8 Å². The number of nitrogens with one attached hydrogen (secondary N) is 2. The Balaban J connectivity index is 1.20. The number of para-hydroxylation sites is 2. The second-order valence-corrected chi connectivity index (χ2v) is 8.85. The average molecular weight is 427 g/mol. The summed E-state index contributed by atoms with van der Waals surface area (Å²) in [4.78, 5) is 16.2. The van der Waals surface area contributed by atoms with Gasteiger partial charge in [-0.25, -0.2) is 4.98 Å². The van der Waals surface area contributed by atoms with Crippen molar-refractivity contribution in [2.75, 3.05) is 24.3 Å². The number of benzene rings is 2. The van der Waals surface area contributed by atoms with Crippen molar-refractivity contribution in [2.45, 2.75) is 44.3 Å². The van der Waals surface area contributed by atoms with Crippen molar-refractivity contribution < 1.29 is 0 Å². The van der Waals surface area contributed by atoms with Gasteiger partial charge in [-0.05, 0) is 49.4 Å². The monoisotopic (exact) mass is 426 g/mol. The van der Waals surface area contributed by atoms with Gasteiger partial charge in [0.1, 0.15) is 5.82 Å². The first-order valence-corrected chi connectivity index (χ1v) is 11.4. The normalized spacial score (nSPS) is 18.7. The quantitative estimate of drug-likeness (QED) is 0.464. The van der Waals surface area contributed by atoms with Crippen molar-refractivity contribution in [2.24, 2.45) is 0 Å². The predicted molar refractivity (Wildman–Crippen MR) is 132 cm³/mol. The molecule has 0 bridgehead atoms. The molecule has 32 heavy (non-hydrogen) atoms. The van der Waals surface area contributed by atoms with Crippen LogP contribution in [0.2, 0.25) is 0 Å². The van der Waals surface area contributed by atoms with Crippen molar-refractivity contribution in [1.82, 2.24) is 20.3 Å². The zero-order valence-electron chi connectivity index (χ0n) is 18.8. The van der Waals surface area contributed by atoms with Crippen LogP contribution in [0.5, 0.6) is 0 Å². The van der Waals surface area contributed by atoms with E-state index >= 15 is 0 Å². The Labute approximate surface area is 189 Å². The first-order chi connectivity index (χ1) is 15.7. The molecule has 1 saturated carbocycles. The third-order valence-corrected chi connectivity index (χ3v) is 6.36. The maximum atomic E-state index is 4.80. The molecule has 0 amide bonds. The van der Waals surface area contributed by atoms with E-state index in [1.165, 1.54) is 10.9 Å². The lowest BCUT2D eigenvalue weighted by molar-refractivity contribution is 0.352. The van der Waals surface area contributed by atoms with Crippen LogP contribution in [0.3, 0.4) is 0 Å². The minimum absolute atomic E-state index is 0.406. The summed E-state index contributed by atoms with van der Waals surface area (Å²) in [5, 5.41) is 9.64. The van der Waals surface area contributed by atoms with E-state index in [0.717, 1.165) is 60.4 Å². The number of nitrogens with zero attached hydrogens (tertiary/aromatic N) is 4. The first-order valence-electron chi connectivity index (χ1n) is 11.4. The summed E-state index contributed by atoms with van der Waals surface area (Å²) in [5.41, 5.74) is 3.35. The van der Waals surface area contributed by atoms with Crippen molar-refractivity contribution in [3.05, 3.63) is 66.4 Å². The summed E-state index contributed by atoms with van der Waals surface area (Å²) in [7, 11) is 4.06. The standard InChI is InChI=1S/C26H30N6/c1-32(2)25-22-10-3-4-11-23(22)30-26(31-25)29-21-14-12-20(13-15-21)28-17-19-8-5-7-18-9-6-16-27-24(18)19/h3-11,16,20-21,28H,12-15,17H2,1-2H3,(H,29,30,31). The van der Waals surface area contributed by atoms with Gasteiger partial charge < -0.3 is 15.5 Å². The fourth-order valence-electron chi connectivity index (χ4n) is 4.65. The van der Waals surface area contributed by atoms with Crippen LogP contribution in [-0.2, 0) is 6.54 Å². The van der Waals surface area contributed by atoms with Gasteiger partial charge >= 0.3 is 0 Å². The highest BCUT2D eigenvalue weighted by Crippen LogP contribution is 2.26. The lowest BCUT2D eigenvalue weighted by Crippen LogP contribution is -2.37. The zero-order valence-corrected chi connectivity index (χ0v) is 18.8. The largest absolute Gasteiger partial charge is 0.362 e. The highest BCUT2D eigenvalue weighted by molar-refractivity contribution is 5.90. The number of fused-ring (bicyclic) bond motifs is 2. The fourth-order valence-corrected chi connectivity index (χ4v) is 4.65. The molecule has 0 aliphatic heterocycles. The van der Waals surface area contributed by atoms with Crippen LogP contribution in [0.1, 0.15) is 31.2 Å². The topological polar surface area (TPSA) is 66.0 Å². The molecule has 0 saturated heterocycles. The fraction of sp³-hybridized carbons (Fsp3) is 0.346. The Bertz CT molecular complexity index is 1210. The maximum absolute atomic E-state index is 4.80. The molecule has 5 rings (SSSR count). The van der Waals surface area contributed by atoms with Crippen LogP contribution in [0.15, 0.2) is 60.8 Å². The van der Waals surface area contributed by atoms with Gasteiger partial charge in [0.2, 0.25) is 5.95 Å². The Morgan fingerprint density at radius 3 is 2.50 bits per heavy atom. The van der Waals surface area contributed by atoms with Gasteiger partial charge in [0, 0.05) is 49.7 Å². The van der Waals surface area contributed by atoms with E-state index in [-0.39, 0.29) is 0 Å². The van der Waals surface area contributed by atoms with E-state index in [9.17, 15) is 0 Å². The molecular formula is C26H30N6. The first kappa shape index (κ1) is 20.6. The molecule has 2 heterocycles. The molecule has 0 unspecified atom stereocenters. The third-order valence-electron chi connectivity index (χ3n) is 6.36. The lowest BCUT2D eigenvalue weighted by atomic mass is 9.91.